The van der Waals surface area contributed by atoms with E-state index < -0.39 is 0 Å². The van der Waals surface area contributed by atoms with Crippen LogP contribution >= 0.6 is 15.9 Å². The van der Waals surface area contributed by atoms with Gasteiger partial charge >= 0.3 is 127 Å². The molecule has 0 fully saturated rings. The topological polar surface area (TPSA) is 9.23 Å². The second kappa shape index (κ2) is 5.57. The molecular formula is C15H23AlBrO+. The Morgan fingerprint density at radius 3 is 1.61 bits per heavy atom. The zero-order valence-electron chi connectivity index (χ0n) is 12.5. The van der Waals surface area contributed by atoms with Crippen molar-refractivity contribution in [2.75, 3.05) is 0 Å². The van der Waals surface area contributed by atoms with Gasteiger partial charge in [-0.2, -0.15) is 0 Å². The fourth-order valence-corrected chi connectivity index (χ4v) is 2.90. The second-order valence-electron chi connectivity index (χ2n) is 6.68. The van der Waals surface area contributed by atoms with Gasteiger partial charge in [0.2, 0.25) is 0 Å². The van der Waals surface area contributed by atoms with Gasteiger partial charge in [-0.15, -0.1) is 0 Å². The Bertz CT molecular complexity index is 392. The molecule has 0 aromatic heterocycles. The molecule has 0 unspecified atom stereocenters. The zero-order valence-corrected chi connectivity index (χ0v) is 15.3. The van der Waals surface area contributed by atoms with Crippen molar-refractivity contribution in [1.29, 1.82) is 0 Å². The molecule has 0 heterocycles. The number of benzene rings is 1. The molecule has 98 valence electrons. The Balaban J connectivity index is 3.56. The fraction of sp³-hybridized carbons (Fsp3) is 0.600. The first-order chi connectivity index (χ1) is 8.07. The van der Waals surface area contributed by atoms with Crippen molar-refractivity contribution in [3.8, 4) is 5.75 Å². The maximum absolute atomic E-state index is 6.04. The minimum atomic E-state index is -0.00148. The van der Waals surface area contributed by atoms with Crippen LogP contribution in [0.15, 0.2) is 16.6 Å². The van der Waals surface area contributed by atoms with E-state index in [9.17, 15) is 0 Å². The van der Waals surface area contributed by atoms with Gasteiger partial charge in [-0.05, 0) is 0 Å². The van der Waals surface area contributed by atoms with Crippen LogP contribution in [-0.4, -0.2) is 15.6 Å². The summed E-state index contributed by atoms with van der Waals surface area (Å²) in [6, 6.07) is 4.39. The molecule has 0 atom stereocenters. The molecule has 0 spiro atoms. The summed E-state index contributed by atoms with van der Waals surface area (Å²) in [5.41, 5.74) is 2.76. The Morgan fingerprint density at radius 1 is 0.944 bits per heavy atom. The first-order valence-electron chi connectivity index (χ1n) is 6.36. The van der Waals surface area contributed by atoms with Gasteiger partial charge in [-0.3, -0.25) is 0 Å². The maximum atomic E-state index is 6.04. The summed E-state index contributed by atoms with van der Waals surface area (Å²) >= 11 is 3.63. The predicted octanol–water partition coefficient (Wildman–Crippen LogP) is 5.09. The molecule has 1 rings (SSSR count). The van der Waals surface area contributed by atoms with Crippen LogP contribution in [0, 0.1) is 0 Å². The molecule has 1 nitrogen and oxygen atoms in total. The zero-order chi connectivity index (χ0) is 14.1. The van der Waals surface area contributed by atoms with E-state index in [0.29, 0.717) is 0 Å². The fourth-order valence-electron chi connectivity index (χ4n) is 1.95. The monoisotopic (exact) mass is 325 g/mol. The molecule has 0 amide bonds. The third kappa shape index (κ3) is 3.76. The van der Waals surface area contributed by atoms with Gasteiger partial charge in [-0.1, -0.05) is 0 Å². The molecule has 3 heteroatoms. The molecule has 0 radical (unpaired) electrons. The summed E-state index contributed by atoms with van der Waals surface area (Å²) in [6.07, 6.45) is 0. The van der Waals surface area contributed by atoms with E-state index in [1.807, 2.05) is 0 Å². The molecule has 1 aromatic rings. The Labute approximate surface area is 126 Å². The molecule has 0 aliphatic rings. The molecule has 0 saturated heterocycles. The second-order valence-corrected chi connectivity index (χ2v) is 8.31. The molecule has 1 aromatic carbocycles. The van der Waals surface area contributed by atoms with E-state index in [4.69, 9.17) is 3.79 Å². The quantitative estimate of drug-likeness (QED) is 0.688. The van der Waals surface area contributed by atoms with Gasteiger partial charge in [0.25, 0.3) is 0 Å². The molecule has 0 aliphatic carbocycles. The van der Waals surface area contributed by atoms with E-state index in [1.165, 1.54) is 11.1 Å². The Kier molecular flexibility index (Phi) is 4.98. The molecule has 0 aliphatic heterocycles. The van der Waals surface area contributed by atoms with Crippen LogP contribution in [0.2, 0.25) is 5.79 Å². The van der Waals surface area contributed by atoms with Crippen LogP contribution in [0.1, 0.15) is 52.7 Å². The van der Waals surface area contributed by atoms with Crippen molar-refractivity contribution in [2.45, 2.75) is 58.2 Å². The third-order valence-corrected chi connectivity index (χ3v) is 3.83. The molecule has 18 heavy (non-hydrogen) atoms. The summed E-state index contributed by atoms with van der Waals surface area (Å²) in [5.74, 6) is 3.22. The average Bonchev–Trinajstić information content (AvgIpc) is 2.17. The van der Waals surface area contributed by atoms with E-state index in [0.717, 1.165) is 10.2 Å². The Morgan fingerprint density at radius 2 is 1.33 bits per heavy atom. The average molecular weight is 326 g/mol. The first-order valence-corrected chi connectivity index (χ1v) is 8.78. The van der Waals surface area contributed by atoms with Crippen LogP contribution in [-0.2, 0) is 10.8 Å². The van der Waals surface area contributed by atoms with Gasteiger partial charge in [0, 0.05) is 0 Å². The summed E-state index contributed by atoms with van der Waals surface area (Å²) in [4.78, 5) is 0. The van der Waals surface area contributed by atoms with Crippen LogP contribution in [0.4, 0.5) is 0 Å². The standard InChI is InChI=1S/C14H21BrO.CH3.Al/c1-13(2,3)10-7-9(15)8-11(12(10)16)14(4,5)6;;/h7-8,16H,1-6H3;1H3;/q;;+2/p-1. The normalized spacial score (nSPS) is 12.2. The summed E-state index contributed by atoms with van der Waals surface area (Å²) in [5, 5.41) is 0. The SMILES string of the molecule is [CH3][Al+][O]c1c(C(C)(C)C)cc(Br)cc1C(C)(C)C. The van der Waals surface area contributed by atoms with E-state index in [-0.39, 0.29) is 26.4 Å². The van der Waals surface area contributed by atoms with E-state index in [2.05, 4.69) is 75.4 Å². The van der Waals surface area contributed by atoms with Crippen molar-refractivity contribution in [2.24, 2.45) is 0 Å². The molecule has 0 saturated carbocycles. The minimum absolute atomic E-state index is 0.00148. The van der Waals surface area contributed by atoms with Crippen LogP contribution in [0.25, 0.3) is 0 Å². The summed E-state index contributed by atoms with van der Waals surface area (Å²) in [7, 11) is 0. The molecular weight excluding hydrogens is 303 g/mol. The van der Waals surface area contributed by atoms with Gasteiger partial charge < -0.3 is 0 Å². The number of hydrogen-bond donors (Lipinski definition) is 0. The summed E-state index contributed by atoms with van der Waals surface area (Å²) < 4.78 is 7.17. The predicted molar refractivity (Wildman–Crippen MR) is 83.8 cm³/mol. The summed E-state index contributed by atoms with van der Waals surface area (Å²) in [6.45, 7) is 13.4. The van der Waals surface area contributed by atoms with Gasteiger partial charge in [-0.25, -0.2) is 0 Å². The van der Waals surface area contributed by atoms with Gasteiger partial charge in [0.1, 0.15) is 0 Å². The molecule has 0 bridgehead atoms. The third-order valence-electron chi connectivity index (χ3n) is 2.91. The van der Waals surface area contributed by atoms with E-state index >= 15 is 0 Å². The van der Waals surface area contributed by atoms with Crippen molar-refractivity contribution in [1.82, 2.24) is 0 Å². The van der Waals surface area contributed by atoms with Crippen LogP contribution < -0.4 is 3.79 Å². The van der Waals surface area contributed by atoms with E-state index in [1.54, 1.807) is 0 Å². The number of rotatable bonds is 2. The van der Waals surface area contributed by atoms with Crippen molar-refractivity contribution in [3.63, 3.8) is 0 Å². The van der Waals surface area contributed by atoms with Crippen molar-refractivity contribution < 1.29 is 3.79 Å². The van der Waals surface area contributed by atoms with Gasteiger partial charge in [0.05, 0.1) is 0 Å². The van der Waals surface area contributed by atoms with Gasteiger partial charge in [0.15, 0.2) is 0 Å². The van der Waals surface area contributed by atoms with Crippen LogP contribution in [0.5, 0.6) is 5.75 Å². The number of hydrogen-bond acceptors (Lipinski definition) is 1. The van der Waals surface area contributed by atoms with Crippen molar-refractivity contribution >= 4 is 31.5 Å². The Hall–Kier alpha value is 0.0325. The first kappa shape index (κ1) is 16.1. The number of halogens is 1. The van der Waals surface area contributed by atoms with Crippen molar-refractivity contribution in [3.05, 3.63) is 27.7 Å². The van der Waals surface area contributed by atoms with Crippen LogP contribution in [0.3, 0.4) is 0 Å². The molecule has 0 N–H and O–H groups in total.